The number of hydrogen-bond donors (Lipinski definition) is 0. The molecular formula is C20H28N4O2S. The molecule has 1 aromatic carbocycles. The van der Waals surface area contributed by atoms with E-state index in [4.69, 9.17) is 4.74 Å². The standard InChI is InChI=1S/C20H28N4O2S/c1-3-24(20(25)19-15-27-22-21-19)14-17-7-5-10-23(13-17)11-9-16-6-4-8-18(12-16)26-2/h4,6,8,12,15,17H,3,5,7,9-11,13-14H2,1-2H3/t17-/m1/s1. The van der Waals surface area contributed by atoms with E-state index in [1.54, 1.807) is 12.5 Å². The van der Waals surface area contributed by atoms with Crippen LogP contribution < -0.4 is 4.74 Å². The summed E-state index contributed by atoms with van der Waals surface area (Å²) in [6, 6.07) is 8.30. The van der Waals surface area contributed by atoms with Crippen LogP contribution in [0.3, 0.4) is 0 Å². The molecule has 6 nitrogen and oxygen atoms in total. The number of amides is 1. The molecule has 1 aliphatic heterocycles. The van der Waals surface area contributed by atoms with Crippen LogP contribution in [0.2, 0.25) is 0 Å². The van der Waals surface area contributed by atoms with Gasteiger partial charge in [-0.25, -0.2) is 0 Å². The number of piperidine rings is 1. The molecule has 0 aliphatic carbocycles. The summed E-state index contributed by atoms with van der Waals surface area (Å²) in [5.41, 5.74) is 1.77. The van der Waals surface area contributed by atoms with Crippen LogP contribution in [-0.4, -0.2) is 65.1 Å². The molecule has 27 heavy (non-hydrogen) atoms. The van der Waals surface area contributed by atoms with Crippen LogP contribution in [0.25, 0.3) is 0 Å². The van der Waals surface area contributed by atoms with Gasteiger partial charge in [-0.1, -0.05) is 16.6 Å². The first-order chi connectivity index (χ1) is 13.2. The Balaban J connectivity index is 1.51. The minimum atomic E-state index is -0.000228. The number of aromatic nitrogens is 2. The zero-order valence-corrected chi connectivity index (χ0v) is 17.0. The van der Waals surface area contributed by atoms with Gasteiger partial charge in [0.15, 0.2) is 5.69 Å². The van der Waals surface area contributed by atoms with E-state index in [-0.39, 0.29) is 5.91 Å². The quantitative estimate of drug-likeness (QED) is 0.696. The Morgan fingerprint density at radius 3 is 3.07 bits per heavy atom. The minimum absolute atomic E-state index is 0.000228. The van der Waals surface area contributed by atoms with Crippen molar-refractivity contribution in [3.63, 3.8) is 0 Å². The van der Waals surface area contributed by atoms with E-state index >= 15 is 0 Å². The number of hydrogen-bond acceptors (Lipinski definition) is 6. The van der Waals surface area contributed by atoms with E-state index in [9.17, 15) is 4.79 Å². The van der Waals surface area contributed by atoms with Crippen LogP contribution in [0.5, 0.6) is 5.75 Å². The highest BCUT2D eigenvalue weighted by molar-refractivity contribution is 7.03. The summed E-state index contributed by atoms with van der Waals surface area (Å²) >= 11 is 1.22. The van der Waals surface area contributed by atoms with Gasteiger partial charge in [-0.2, -0.15) is 0 Å². The van der Waals surface area contributed by atoms with Gasteiger partial charge in [0.05, 0.1) is 7.11 Å². The molecule has 0 N–H and O–H groups in total. The minimum Gasteiger partial charge on any atom is -0.497 e. The van der Waals surface area contributed by atoms with Gasteiger partial charge >= 0.3 is 0 Å². The van der Waals surface area contributed by atoms with E-state index < -0.39 is 0 Å². The van der Waals surface area contributed by atoms with Gasteiger partial charge in [-0.3, -0.25) is 4.79 Å². The second-order valence-electron chi connectivity index (χ2n) is 7.04. The molecule has 0 bridgehead atoms. The number of benzene rings is 1. The SMILES string of the molecule is CCN(C[C@@H]1CCCN(CCc2cccc(OC)c2)C1)C(=O)c1csnn1. The number of carbonyl (C=O) groups excluding carboxylic acids is 1. The molecule has 0 radical (unpaired) electrons. The summed E-state index contributed by atoms with van der Waals surface area (Å²) in [4.78, 5) is 17.0. The highest BCUT2D eigenvalue weighted by Gasteiger charge is 2.25. The van der Waals surface area contributed by atoms with Gasteiger partial charge in [-0.15, -0.1) is 5.10 Å². The van der Waals surface area contributed by atoms with Crippen molar-refractivity contribution < 1.29 is 9.53 Å². The second-order valence-corrected chi connectivity index (χ2v) is 7.65. The average Bonchev–Trinajstić information content (AvgIpc) is 3.25. The van der Waals surface area contributed by atoms with Crippen molar-refractivity contribution in [2.75, 3.05) is 39.8 Å². The molecule has 0 unspecified atom stereocenters. The average molecular weight is 389 g/mol. The predicted molar refractivity (Wildman–Crippen MR) is 107 cm³/mol. The van der Waals surface area contributed by atoms with Crippen molar-refractivity contribution in [3.05, 3.63) is 40.9 Å². The van der Waals surface area contributed by atoms with E-state index in [1.165, 1.54) is 29.9 Å². The van der Waals surface area contributed by atoms with E-state index in [2.05, 4.69) is 26.6 Å². The zero-order valence-electron chi connectivity index (χ0n) is 16.1. The van der Waals surface area contributed by atoms with Gasteiger partial charge < -0.3 is 14.5 Å². The van der Waals surface area contributed by atoms with Gasteiger partial charge in [0.25, 0.3) is 5.91 Å². The van der Waals surface area contributed by atoms with Crippen molar-refractivity contribution in [2.24, 2.45) is 5.92 Å². The lowest BCUT2D eigenvalue weighted by Gasteiger charge is -2.35. The topological polar surface area (TPSA) is 58.6 Å². The third-order valence-electron chi connectivity index (χ3n) is 5.18. The molecule has 1 fully saturated rings. The van der Waals surface area contributed by atoms with Crippen molar-refractivity contribution in [3.8, 4) is 5.75 Å². The molecular weight excluding hydrogens is 360 g/mol. The molecule has 146 valence electrons. The van der Waals surface area contributed by atoms with Crippen LogP contribution in [0.15, 0.2) is 29.6 Å². The van der Waals surface area contributed by atoms with Gasteiger partial charge in [0.1, 0.15) is 5.75 Å². The molecule has 7 heteroatoms. The summed E-state index contributed by atoms with van der Waals surface area (Å²) < 4.78 is 9.12. The number of methoxy groups -OCH3 is 1. The fourth-order valence-electron chi connectivity index (χ4n) is 3.71. The highest BCUT2D eigenvalue weighted by atomic mass is 32.1. The molecule has 0 spiro atoms. The third-order valence-corrected chi connectivity index (χ3v) is 5.69. The van der Waals surface area contributed by atoms with Crippen LogP contribution >= 0.6 is 11.5 Å². The maximum absolute atomic E-state index is 12.6. The number of ether oxygens (including phenoxy) is 1. The Hall–Kier alpha value is -1.99. The number of rotatable bonds is 8. The monoisotopic (exact) mass is 388 g/mol. The molecule has 2 aromatic rings. The summed E-state index contributed by atoms with van der Waals surface area (Å²) in [6.45, 7) is 6.75. The van der Waals surface area contributed by atoms with E-state index in [0.29, 0.717) is 18.2 Å². The lowest BCUT2D eigenvalue weighted by molar-refractivity contribution is 0.0685. The molecule has 1 atom stereocenters. The molecule has 1 amide bonds. The summed E-state index contributed by atoms with van der Waals surface area (Å²) in [5.74, 6) is 1.43. The second kappa shape index (κ2) is 9.80. The van der Waals surface area contributed by atoms with Gasteiger partial charge in [0, 0.05) is 31.6 Å². The molecule has 1 saturated heterocycles. The summed E-state index contributed by atoms with van der Waals surface area (Å²) in [7, 11) is 1.71. The number of carbonyl (C=O) groups is 1. The molecule has 2 heterocycles. The Kier molecular flexibility index (Phi) is 7.18. The smallest absolute Gasteiger partial charge is 0.275 e. The van der Waals surface area contributed by atoms with Crippen molar-refractivity contribution in [1.29, 1.82) is 0 Å². The molecule has 0 saturated carbocycles. The Labute approximate surface area is 165 Å². The lowest BCUT2D eigenvalue weighted by Crippen LogP contribution is -2.43. The Bertz CT molecular complexity index is 723. The molecule has 3 rings (SSSR count). The number of nitrogens with zero attached hydrogens (tertiary/aromatic N) is 4. The third kappa shape index (κ3) is 5.49. The largest absolute Gasteiger partial charge is 0.497 e. The first-order valence-corrected chi connectivity index (χ1v) is 10.4. The normalized spacial score (nSPS) is 17.6. The molecule has 1 aliphatic rings. The Morgan fingerprint density at radius 1 is 1.44 bits per heavy atom. The maximum atomic E-state index is 12.6. The Morgan fingerprint density at radius 2 is 2.33 bits per heavy atom. The van der Waals surface area contributed by atoms with Crippen LogP contribution in [0, 0.1) is 5.92 Å². The first-order valence-electron chi connectivity index (χ1n) is 9.61. The van der Waals surface area contributed by atoms with Gasteiger partial charge in [0.2, 0.25) is 0 Å². The van der Waals surface area contributed by atoms with Gasteiger partial charge in [-0.05, 0) is 67.9 Å². The van der Waals surface area contributed by atoms with E-state index in [0.717, 1.165) is 38.3 Å². The van der Waals surface area contributed by atoms with Crippen LogP contribution in [0.1, 0.15) is 35.8 Å². The van der Waals surface area contributed by atoms with E-state index in [1.807, 2.05) is 24.0 Å². The maximum Gasteiger partial charge on any atom is 0.275 e. The van der Waals surface area contributed by atoms with Crippen LogP contribution in [-0.2, 0) is 6.42 Å². The van der Waals surface area contributed by atoms with Crippen molar-refractivity contribution in [2.45, 2.75) is 26.2 Å². The number of likely N-dealkylation sites (tertiary alicyclic amines) is 1. The first kappa shape index (κ1) is 19.8. The summed E-state index contributed by atoms with van der Waals surface area (Å²) in [6.07, 6.45) is 3.38. The molecule has 1 aromatic heterocycles. The van der Waals surface area contributed by atoms with Crippen molar-refractivity contribution in [1.82, 2.24) is 19.4 Å². The predicted octanol–water partition coefficient (Wildman–Crippen LogP) is 2.96. The fraction of sp³-hybridized carbons (Fsp3) is 0.550. The lowest BCUT2D eigenvalue weighted by atomic mass is 9.96. The summed E-state index contributed by atoms with van der Waals surface area (Å²) in [5, 5.41) is 5.66. The van der Waals surface area contributed by atoms with Crippen molar-refractivity contribution >= 4 is 17.4 Å². The van der Waals surface area contributed by atoms with Crippen LogP contribution in [0.4, 0.5) is 0 Å². The fourth-order valence-corrected chi connectivity index (χ4v) is 4.14. The highest BCUT2D eigenvalue weighted by Crippen LogP contribution is 2.20. The zero-order chi connectivity index (χ0) is 19.1.